The molecule has 6 heteroatoms. The Morgan fingerprint density at radius 3 is 2.45 bits per heavy atom. The lowest BCUT2D eigenvalue weighted by Gasteiger charge is -2.28. The molecule has 2 N–H and O–H groups in total. The third kappa shape index (κ3) is 4.57. The number of rotatable bonds is 6. The van der Waals surface area contributed by atoms with Crippen LogP contribution in [0.15, 0.2) is 105 Å². The summed E-state index contributed by atoms with van der Waals surface area (Å²) in [7, 11) is 0. The van der Waals surface area contributed by atoms with E-state index in [1.807, 2.05) is 67.6 Å². The van der Waals surface area contributed by atoms with Crippen molar-refractivity contribution >= 4 is 23.4 Å². The molecule has 0 bridgehead atoms. The maximum atomic E-state index is 13.2. The molecule has 0 unspecified atom stereocenters. The van der Waals surface area contributed by atoms with E-state index in [9.17, 15) is 10.1 Å². The number of amides is 1. The molecule has 2 heterocycles. The molecule has 0 saturated carbocycles. The van der Waals surface area contributed by atoms with E-state index >= 15 is 0 Å². The number of hydrogen-bond acceptors (Lipinski definition) is 5. The molecule has 1 aliphatic heterocycles. The molecule has 154 valence electrons. The van der Waals surface area contributed by atoms with Crippen molar-refractivity contribution in [2.75, 3.05) is 5.32 Å². The first-order valence-corrected chi connectivity index (χ1v) is 10.8. The van der Waals surface area contributed by atoms with Crippen molar-refractivity contribution in [2.24, 2.45) is 0 Å². The highest BCUT2D eigenvalue weighted by molar-refractivity contribution is 8.02. The molecular weight excluding hydrogens is 406 g/mol. The van der Waals surface area contributed by atoms with E-state index in [1.54, 1.807) is 30.2 Å². The van der Waals surface area contributed by atoms with E-state index in [0.717, 1.165) is 10.6 Å². The van der Waals surface area contributed by atoms with Crippen LogP contribution in [0.1, 0.15) is 24.2 Å². The van der Waals surface area contributed by atoms with Crippen LogP contribution in [0, 0.1) is 11.3 Å². The summed E-state index contributed by atoms with van der Waals surface area (Å²) in [5.41, 5.74) is 3.49. The van der Waals surface area contributed by atoms with Gasteiger partial charge in [-0.05, 0) is 36.8 Å². The van der Waals surface area contributed by atoms with Crippen molar-refractivity contribution in [2.45, 2.75) is 18.6 Å². The highest BCUT2D eigenvalue weighted by atomic mass is 32.2. The molecule has 0 radical (unpaired) electrons. The minimum absolute atomic E-state index is 0.266. The topological polar surface area (TPSA) is 78.1 Å². The summed E-state index contributed by atoms with van der Waals surface area (Å²) in [6, 6.07) is 25.2. The lowest BCUT2D eigenvalue weighted by atomic mass is 9.85. The van der Waals surface area contributed by atoms with Gasteiger partial charge in [0.05, 0.1) is 34.4 Å². The Morgan fingerprint density at radius 1 is 1.10 bits per heavy atom. The number of nitriles is 1. The van der Waals surface area contributed by atoms with Crippen molar-refractivity contribution in [1.82, 2.24) is 5.32 Å². The second kappa shape index (κ2) is 9.41. The first-order chi connectivity index (χ1) is 15.2. The van der Waals surface area contributed by atoms with E-state index < -0.39 is 5.92 Å². The van der Waals surface area contributed by atoms with Gasteiger partial charge in [0.1, 0.15) is 5.76 Å². The Labute approximate surface area is 185 Å². The number of hydrogen-bond donors (Lipinski definition) is 2. The van der Waals surface area contributed by atoms with E-state index in [0.29, 0.717) is 34.0 Å². The smallest absolute Gasteiger partial charge is 0.254 e. The zero-order chi connectivity index (χ0) is 21.6. The number of allylic oxidation sites excluding steroid dienone is 2. The average molecular weight is 428 g/mol. The van der Waals surface area contributed by atoms with Gasteiger partial charge in [-0.3, -0.25) is 4.79 Å². The quantitative estimate of drug-likeness (QED) is 0.539. The SMILES string of the molecule is CC1=C(C(=O)Nc2ccccc2)[C@@H](c2ccco2)C(C#N)=C(SCc2ccccc2)N1. The van der Waals surface area contributed by atoms with Crippen LogP contribution < -0.4 is 10.6 Å². The highest BCUT2D eigenvalue weighted by Crippen LogP contribution is 2.41. The fourth-order valence-corrected chi connectivity index (χ4v) is 4.56. The standard InChI is InChI=1S/C25H21N3O2S/c1-17-22(24(29)28-19-11-6-3-7-12-19)23(21-13-8-14-30-21)20(15-26)25(27-17)31-16-18-9-4-2-5-10-18/h2-14,23,27H,16H2,1H3,(H,28,29)/t23-/m1/s1. The third-order valence-electron chi connectivity index (χ3n) is 4.98. The molecule has 0 fully saturated rings. The van der Waals surface area contributed by atoms with Gasteiger partial charge in [0.25, 0.3) is 5.91 Å². The second-order valence-electron chi connectivity index (χ2n) is 7.06. The van der Waals surface area contributed by atoms with Gasteiger partial charge in [0.15, 0.2) is 0 Å². The van der Waals surface area contributed by atoms with Gasteiger partial charge in [-0.2, -0.15) is 5.26 Å². The lowest BCUT2D eigenvalue weighted by molar-refractivity contribution is -0.113. The van der Waals surface area contributed by atoms with E-state index in [4.69, 9.17) is 4.42 Å². The summed E-state index contributed by atoms with van der Waals surface area (Å²) in [6.45, 7) is 1.85. The fraction of sp³-hybridized carbons (Fsp3) is 0.120. The summed E-state index contributed by atoms with van der Waals surface area (Å²) in [6.07, 6.45) is 1.56. The maximum absolute atomic E-state index is 13.2. The minimum atomic E-state index is -0.580. The molecule has 1 aliphatic rings. The maximum Gasteiger partial charge on any atom is 0.254 e. The van der Waals surface area contributed by atoms with Gasteiger partial charge in [0, 0.05) is 17.1 Å². The zero-order valence-corrected chi connectivity index (χ0v) is 17.8. The number of para-hydroxylation sites is 1. The summed E-state index contributed by atoms with van der Waals surface area (Å²) in [5.74, 6) is 0.423. The molecule has 3 aromatic rings. The Hall–Kier alpha value is -3.69. The number of nitrogens with zero attached hydrogens (tertiary/aromatic N) is 1. The molecule has 0 spiro atoms. The molecule has 0 saturated heterocycles. The van der Waals surface area contributed by atoms with Crippen molar-refractivity contribution in [3.63, 3.8) is 0 Å². The molecule has 2 aromatic carbocycles. The number of thioether (sulfide) groups is 1. The van der Waals surface area contributed by atoms with Gasteiger partial charge in [-0.15, -0.1) is 11.8 Å². The minimum Gasteiger partial charge on any atom is -0.468 e. The van der Waals surface area contributed by atoms with Gasteiger partial charge in [-0.1, -0.05) is 48.5 Å². The number of benzene rings is 2. The van der Waals surface area contributed by atoms with Gasteiger partial charge < -0.3 is 15.1 Å². The zero-order valence-electron chi connectivity index (χ0n) is 17.0. The Bertz CT molecular complexity index is 1160. The van der Waals surface area contributed by atoms with Crippen molar-refractivity contribution in [3.05, 3.63) is 112 Å². The number of dihydropyridines is 1. The Kier molecular flexibility index (Phi) is 6.25. The van der Waals surface area contributed by atoms with E-state index in [-0.39, 0.29) is 5.91 Å². The van der Waals surface area contributed by atoms with Crippen molar-refractivity contribution < 1.29 is 9.21 Å². The third-order valence-corrected chi connectivity index (χ3v) is 6.07. The normalized spacial score (nSPS) is 15.9. The number of carbonyl (C=O) groups excluding carboxylic acids is 1. The predicted molar refractivity (Wildman–Crippen MR) is 123 cm³/mol. The molecule has 1 amide bonds. The molecular formula is C25H21N3O2S. The molecule has 31 heavy (non-hydrogen) atoms. The van der Waals surface area contributed by atoms with Gasteiger partial charge in [0.2, 0.25) is 0 Å². The predicted octanol–water partition coefficient (Wildman–Crippen LogP) is 5.55. The van der Waals surface area contributed by atoms with Crippen LogP contribution in [0.3, 0.4) is 0 Å². The second-order valence-corrected chi connectivity index (χ2v) is 8.05. The summed E-state index contributed by atoms with van der Waals surface area (Å²) < 4.78 is 5.66. The van der Waals surface area contributed by atoms with Crippen molar-refractivity contribution in [3.8, 4) is 6.07 Å². The number of anilines is 1. The molecule has 5 nitrogen and oxygen atoms in total. The van der Waals surface area contributed by atoms with Crippen LogP contribution in [-0.2, 0) is 10.5 Å². The average Bonchev–Trinajstić information content (AvgIpc) is 3.33. The van der Waals surface area contributed by atoms with Crippen LogP contribution >= 0.6 is 11.8 Å². The Balaban J connectivity index is 1.68. The Morgan fingerprint density at radius 2 is 1.81 bits per heavy atom. The van der Waals surface area contributed by atoms with Crippen molar-refractivity contribution in [1.29, 1.82) is 5.26 Å². The first-order valence-electron chi connectivity index (χ1n) is 9.86. The van der Waals surface area contributed by atoms with Crippen LogP contribution in [0.2, 0.25) is 0 Å². The van der Waals surface area contributed by atoms with E-state index in [1.165, 1.54) is 0 Å². The van der Waals surface area contributed by atoms with Gasteiger partial charge >= 0.3 is 0 Å². The summed E-state index contributed by atoms with van der Waals surface area (Å²) in [4.78, 5) is 13.2. The van der Waals surface area contributed by atoms with Crippen LogP contribution in [0.5, 0.6) is 0 Å². The number of carbonyl (C=O) groups is 1. The van der Waals surface area contributed by atoms with E-state index in [2.05, 4.69) is 16.7 Å². The molecule has 0 aliphatic carbocycles. The molecule has 4 rings (SSSR count). The summed E-state index contributed by atoms with van der Waals surface area (Å²) in [5, 5.41) is 17.0. The largest absolute Gasteiger partial charge is 0.468 e. The number of nitrogens with one attached hydrogen (secondary N) is 2. The first kappa shape index (κ1) is 20.6. The van der Waals surface area contributed by atoms with Crippen LogP contribution in [0.4, 0.5) is 5.69 Å². The molecule has 1 aromatic heterocycles. The highest BCUT2D eigenvalue weighted by Gasteiger charge is 2.36. The van der Waals surface area contributed by atoms with Crippen LogP contribution in [0.25, 0.3) is 0 Å². The van der Waals surface area contributed by atoms with Gasteiger partial charge in [-0.25, -0.2) is 0 Å². The molecule has 1 atom stereocenters. The summed E-state index contributed by atoms with van der Waals surface area (Å²) >= 11 is 1.54. The number of furan rings is 1. The monoisotopic (exact) mass is 427 g/mol. The van der Waals surface area contributed by atoms with Crippen LogP contribution in [-0.4, -0.2) is 5.91 Å². The fourth-order valence-electron chi connectivity index (χ4n) is 3.52. The lowest BCUT2D eigenvalue weighted by Crippen LogP contribution is -2.30.